The van der Waals surface area contributed by atoms with Gasteiger partial charge in [-0.1, -0.05) is 18.5 Å². The average molecular weight is 322 g/mol. The second kappa shape index (κ2) is 7.53. The lowest BCUT2D eigenvalue weighted by molar-refractivity contribution is -0.384. The van der Waals surface area contributed by atoms with Crippen LogP contribution in [0.2, 0.25) is 5.02 Å². The molecule has 9 heteroatoms. The van der Waals surface area contributed by atoms with Crippen LogP contribution in [-0.2, 0) is 10.0 Å². The van der Waals surface area contributed by atoms with E-state index in [1.807, 2.05) is 6.92 Å². The van der Waals surface area contributed by atoms with Crippen molar-refractivity contribution < 1.29 is 13.3 Å². The first-order valence-electron chi connectivity index (χ1n) is 6.03. The number of rotatable bonds is 8. The van der Waals surface area contributed by atoms with E-state index in [1.165, 1.54) is 0 Å². The summed E-state index contributed by atoms with van der Waals surface area (Å²) < 4.78 is 26.3. The summed E-state index contributed by atoms with van der Waals surface area (Å²) in [4.78, 5) is 9.76. The van der Waals surface area contributed by atoms with E-state index in [0.717, 1.165) is 31.2 Å². The zero-order valence-corrected chi connectivity index (χ0v) is 12.5. The molecule has 7 nitrogen and oxygen atoms in total. The maximum Gasteiger partial charge on any atom is 0.271 e. The molecule has 0 unspecified atom stereocenters. The van der Waals surface area contributed by atoms with Crippen LogP contribution < -0.4 is 10.0 Å². The van der Waals surface area contributed by atoms with Crippen molar-refractivity contribution in [1.82, 2.24) is 10.0 Å². The highest BCUT2D eigenvalue weighted by Gasteiger charge is 2.19. The van der Waals surface area contributed by atoms with Gasteiger partial charge in [0.15, 0.2) is 0 Å². The molecule has 0 bridgehead atoms. The standard InChI is InChI=1S/C11H16ClN3O4S/c1-2-5-13-6-7-14-20(18,19)11-4-3-9(15(16)17)8-10(11)12/h3-4,8,13-14H,2,5-7H2,1H3. The third kappa shape index (κ3) is 4.71. The summed E-state index contributed by atoms with van der Waals surface area (Å²) in [5, 5.41) is 13.4. The van der Waals surface area contributed by atoms with Crippen LogP contribution >= 0.6 is 11.6 Å². The molecule has 0 atom stereocenters. The van der Waals surface area contributed by atoms with Gasteiger partial charge in [0, 0.05) is 25.2 Å². The van der Waals surface area contributed by atoms with E-state index < -0.39 is 14.9 Å². The number of non-ortho nitro benzene ring substituents is 1. The highest BCUT2D eigenvalue weighted by Crippen LogP contribution is 2.25. The topological polar surface area (TPSA) is 101 Å². The Morgan fingerprint density at radius 2 is 2.00 bits per heavy atom. The molecule has 0 saturated carbocycles. The van der Waals surface area contributed by atoms with Crippen molar-refractivity contribution >= 4 is 27.3 Å². The summed E-state index contributed by atoms with van der Waals surface area (Å²) in [6.07, 6.45) is 0.959. The highest BCUT2D eigenvalue weighted by molar-refractivity contribution is 7.89. The molecule has 112 valence electrons. The van der Waals surface area contributed by atoms with Crippen LogP contribution in [0.25, 0.3) is 0 Å². The molecule has 0 aliphatic carbocycles. The van der Waals surface area contributed by atoms with E-state index in [-0.39, 0.29) is 22.2 Å². The van der Waals surface area contributed by atoms with Gasteiger partial charge in [-0.15, -0.1) is 0 Å². The summed E-state index contributed by atoms with van der Waals surface area (Å²) in [5.74, 6) is 0. The minimum Gasteiger partial charge on any atom is -0.315 e. The van der Waals surface area contributed by atoms with Crippen molar-refractivity contribution in [3.63, 3.8) is 0 Å². The number of nitrogens with zero attached hydrogens (tertiary/aromatic N) is 1. The first-order valence-corrected chi connectivity index (χ1v) is 7.89. The van der Waals surface area contributed by atoms with E-state index in [0.29, 0.717) is 6.54 Å². The fourth-order valence-electron chi connectivity index (χ4n) is 1.47. The molecule has 1 aromatic carbocycles. The van der Waals surface area contributed by atoms with Gasteiger partial charge in [-0.3, -0.25) is 10.1 Å². The first kappa shape index (κ1) is 16.8. The van der Waals surface area contributed by atoms with Gasteiger partial charge in [0.2, 0.25) is 10.0 Å². The first-order chi connectivity index (χ1) is 9.38. The summed E-state index contributed by atoms with van der Waals surface area (Å²) in [6, 6.07) is 3.25. The minimum absolute atomic E-state index is 0.166. The third-order valence-corrected chi connectivity index (χ3v) is 4.38. The van der Waals surface area contributed by atoms with E-state index in [4.69, 9.17) is 11.6 Å². The normalized spacial score (nSPS) is 11.5. The Morgan fingerprint density at radius 3 is 2.55 bits per heavy atom. The largest absolute Gasteiger partial charge is 0.315 e. The lowest BCUT2D eigenvalue weighted by Crippen LogP contribution is -2.32. The van der Waals surface area contributed by atoms with Crippen molar-refractivity contribution in [3.8, 4) is 0 Å². The summed E-state index contributed by atoms with van der Waals surface area (Å²) in [6.45, 7) is 3.53. The van der Waals surface area contributed by atoms with Crippen LogP contribution in [0, 0.1) is 10.1 Å². The number of nitro benzene ring substituents is 1. The Morgan fingerprint density at radius 1 is 1.30 bits per heavy atom. The van der Waals surface area contributed by atoms with Gasteiger partial charge in [0.25, 0.3) is 5.69 Å². The molecule has 1 aromatic rings. The van der Waals surface area contributed by atoms with E-state index in [9.17, 15) is 18.5 Å². The minimum atomic E-state index is -3.77. The SMILES string of the molecule is CCCNCCNS(=O)(=O)c1ccc([N+](=O)[O-])cc1Cl. The fourth-order valence-corrected chi connectivity index (χ4v) is 3.04. The predicted molar refractivity (Wildman–Crippen MR) is 76.5 cm³/mol. The van der Waals surface area contributed by atoms with Crippen molar-refractivity contribution in [3.05, 3.63) is 33.3 Å². The fraction of sp³-hybridized carbons (Fsp3) is 0.455. The van der Waals surface area contributed by atoms with Crippen molar-refractivity contribution in [2.75, 3.05) is 19.6 Å². The van der Waals surface area contributed by atoms with Crippen LogP contribution in [0.5, 0.6) is 0 Å². The van der Waals surface area contributed by atoms with E-state index >= 15 is 0 Å². The van der Waals surface area contributed by atoms with Crippen LogP contribution in [0.4, 0.5) is 5.69 Å². The summed E-state index contributed by atoms with van der Waals surface area (Å²) in [5.41, 5.74) is -0.251. The van der Waals surface area contributed by atoms with Crippen LogP contribution in [0.15, 0.2) is 23.1 Å². The maximum atomic E-state index is 12.0. The Hall–Kier alpha value is -1.22. The smallest absolute Gasteiger partial charge is 0.271 e. The molecule has 0 heterocycles. The average Bonchev–Trinajstić information content (AvgIpc) is 2.37. The number of hydrogen-bond acceptors (Lipinski definition) is 5. The Balaban J connectivity index is 2.75. The Labute approximate surface area is 122 Å². The summed E-state index contributed by atoms with van der Waals surface area (Å²) >= 11 is 5.78. The number of sulfonamides is 1. The van der Waals surface area contributed by atoms with Gasteiger partial charge < -0.3 is 5.32 Å². The van der Waals surface area contributed by atoms with Crippen LogP contribution in [0.1, 0.15) is 13.3 Å². The van der Waals surface area contributed by atoms with Gasteiger partial charge in [0.05, 0.1) is 9.95 Å². The number of nitrogens with one attached hydrogen (secondary N) is 2. The quantitative estimate of drug-likeness (QED) is 0.429. The van der Waals surface area contributed by atoms with Gasteiger partial charge in [-0.25, -0.2) is 13.1 Å². The number of nitro groups is 1. The molecule has 0 spiro atoms. The molecular weight excluding hydrogens is 306 g/mol. The van der Waals surface area contributed by atoms with Crippen molar-refractivity contribution in [2.45, 2.75) is 18.2 Å². The van der Waals surface area contributed by atoms with Crippen LogP contribution in [-0.4, -0.2) is 33.0 Å². The van der Waals surface area contributed by atoms with Crippen molar-refractivity contribution in [2.24, 2.45) is 0 Å². The molecule has 2 N–H and O–H groups in total. The Kier molecular flexibility index (Phi) is 6.34. The van der Waals surface area contributed by atoms with E-state index in [1.54, 1.807) is 0 Å². The number of benzene rings is 1. The highest BCUT2D eigenvalue weighted by atomic mass is 35.5. The molecule has 20 heavy (non-hydrogen) atoms. The molecule has 0 aliphatic rings. The lowest BCUT2D eigenvalue weighted by atomic mass is 10.3. The molecule has 0 fully saturated rings. The second-order valence-electron chi connectivity index (χ2n) is 4.02. The number of hydrogen-bond donors (Lipinski definition) is 2. The number of halogens is 1. The molecule has 0 aliphatic heterocycles. The molecule has 0 amide bonds. The maximum absolute atomic E-state index is 12.0. The Bertz CT molecular complexity index is 577. The van der Waals surface area contributed by atoms with Gasteiger partial charge in [0.1, 0.15) is 4.90 Å². The lowest BCUT2D eigenvalue weighted by Gasteiger charge is -2.08. The third-order valence-electron chi connectivity index (χ3n) is 2.44. The zero-order valence-electron chi connectivity index (χ0n) is 10.9. The second-order valence-corrected chi connectivity index (χ2v) is 6.16. The van der Waals surface area contributed by atoms with Gasteiger partial charge in [-0.05, 0) is 19.0 Å². The van der Waals surface area contributed by atoms with Gasteiger partial charge >= 0.3 is 0 Å². The molecule has 0 radical (unpaired) electrons. The predicted octanol–water partition coefficient (Wildman–Crippen LogP) is 1.53. The van der Waals surface area contributed by atoms with Crippen LogP contribution in [0.3, 0.4) is 0 Å². The molecule has 0 saturated heterocycles. The van der Waals surface area contributed by atoms with Crippen molar-refractivity contribution in [1.29, 1.82) is 0 Å². The van der Waals surface area contributed by atoms with Gasteiger partial charge in [-0.2, -0.15) is 0 Å². The summed E-state index contributed by atoms with van der Waals surface area (Å²) in [7, 11) is -3.77. The zero-order chi connectivity index (χ0) is 15.2. The molecule has 1 rings (SSSR count). The molecular formula is C11H16ClN3O4S. The molecule has 0 aromatic heterocycles. The monoisotopic (exact) mass is 321 g/mol. The van der Waals surface area contributed by atoms with E-state index in [2.05, 4.69) is 10.0 Å².